The first-order chi connectivity index (χ1) is 8.75. The highest BCUT2D eigenvalue weighted by molar-refractivity contribution is 6.31. The number of benzene rings is 1. The van der Waals surface area contributed by atoms with Gasteiger partial charge in [-0.25, -0.2) is 0 Å². The summed E-state index contributed by atoms with van der Waals surface area (Å²) in [5, 5.41) is 6.82. The van der Waals surface area contributed by atoms with Crippen molar-refractivity contribution in [2.75, 3.05) is 19.6 Å². The van der Waals surface area contributed by atoms with Crippen molar-refractivity contribution in [3.8, 4) is 0 Å². The lowest BCUT2D eigenvalue weighted by Crippen LogP contribution is -2.30. The van der Waals surface area contributed by atoms with Crippen LogP contribution in [0, 0.1) is 0 Å². The molecule has 2 N–H and O–H groups in total. The van der Waals surface area contributed by atoms with Crippen molar-refractivity contribution in [1.29, 1.82) is 0 Å². The average Bonchev–Trinajstić information content (AvgIpc) is 2.40. The minimum absolute atomic E-state index is 0. The van der Waals surface area contributed by atoms with Crippen LogP contribution in [0.1, 0.15) is 12.0 Å². The Kier molecular flexibility index (Phi) is 6.92. The zero-order valence-electron chi connectivity index (χ0n) is 10.6. The van der Waals surface area contributed by atoms with Gasteiger partial charge in [0.25, 0.3) is 0 Å². The predicted octanol–water partition coefficient (Wildman–Crippen LogP) is 2.34. The van der Waals surface area contributed by atoms with Crippen LogP contribution in [0.15, 0.2) is 35.9 Å². The van der Waals surface area contributed by atoms with Crippen molar-refractivity contribution in [3.63, 3.8) is 0 Å². The van der Waals surface area contributed by atoms with E-state index in [0.717, 1.165) is 25.1 Å². The molecule has 104 valence electrons. The van der Waals surface area contributed by atoms with Gasteiger partial charge in [0, 0.05) is 18.1 Å². The molecule has 0 saturated carbocycles. The van der Waals surface area contributed by atoms with Gasteiger partial charge in [-0.05, 0) is 24.6 Å². The Morgan fingerprint density at radius 1 is 1.37 bits per heavy atom. The van der Waals surface area contributed by atoms with Gasteiger partial charge in [-0.1, -0.05) is 41.4 Å². The molecule has 1 aromatic carbocycles. The van der Waals surface area contributed by atoms with Gasteiger partial charge in [0.2, 0.25) is 5.91 Å². The van der Waals surface area contributed by atoms with Gasteiger partial charge in [-0.2, -0.15) is 0 Å². The summed E-state index contributed by atoms with van der Waals surface area (Å²) >= 11 is 6.02. The zero-order chi connectivity index (χ0) is 12.8. The summed E-state index contributed by atoms with van der Waals surface area (Å²) in [5.74, 6) is 0.0162. The number of rotatable bonds is 4. The summed E-state index contributed by atoms with van der Waals surface area (Å²) in [5.41, 5.74) is 2.16. The molecule has 0 unspecified atom stereocenters. The summed E-state index contributed by atoms with van der Waals surface area (Å²) in [7, 11) is 0. The first-order valence-corrected chi connectivity index (χ1v) is 6.52. The van der Waals surface area contributed by atoms with E-state index < -0.39 is 0 Å². The van der Waals surface area contributed by atoms with E-state index in [9.17, 15) is 4.79 Å². The largest absolute Gasteiger partial charge is 0.352 e. The summed E-state index contributed by atoms with van der Waals surface area (Å²) < 4.78 is 0. The van der Waals surface area contributed by atoms with Crippen molar-refractivity contribution in [3.05, 3.63) is 46.5 Å². The maximum Gasteiger partial charge on any atom is 0.224 e. The maximum absolute atomic E-state index is 11.8. The Bertz CT molecular complexity index is 461. The van der Waals surface area contributed by atoms with Crippen LogP contribution in [0.25, 0.3) is 0 Å². The molecule has 3 nitrogen and oxygen atoms in total. The highest BCUT2D eigenvalue weighted by Gasteiger charge is 2.08. The first-order valence-electron chi connectivity index (χ1n) is 6.14. The number of hydrogen-bond acceptors (Lipinski definition) is 2. The smallest absolute Gasteiger partial charge is 0.224 e. The lowest BCUT2D eigenvalue weighted by atomic mass is 10.1. The fourth-order valence-electron chi connectivity index (χ4n) is 1.92. The first kappa shape index (κ1) is 16.0. The molecule has 2 rings (SSSR count). The molecule has 0 fully saturated rings. The molecule has 1 heterocycles. The van der Waals surface area contributed by atoms with E-state index >= 15 is 0 Å². The summed E-state index contributed by atoms with van der Waals surface area (Å²) in [6.07, 6.45) is 3.48. The van der Waals surface area contributed by atoms with E-state index in [4.69, 9.17) is 11.6 Å². The molecule has 0 aliphatic carbocycles. The van der Waals surface area contributed by atoms with E-state index in [1.165, 1.54) is 5.57 Å². The van der Waals surface area contributed by atoms with Crippen LogP contribution >= 0.6 is 24.0 Å². The summed E-state index contributed by atoms with van der Waals surface area (Å²) in [6.45, 7) is 2.53. The molecule has 1 aliphatic heterocycles. The van der Waals surface area contributed by atoms with E-state index in [1.807, 2.05) is 18.2 Å². The molecule has 19 heavy (non-hydrogen) atoms. The Morgan fingerprint density at radius 3 is 2.84 bits per heavy atom. The van der Waals surface area contributed by atoms with Crippen molar-refractivity contribution in [2.24, 2.45) is 0 Å². The Hall–Kier alpha value is -1.03. The predicted molar refractivity (Wildman–Crippen MR) is 81.0 cm³/mol. The fraction of sp³-hybridized carbons (Fsp3) is 0.357. The summed E-state index contributed by atoms with van der Waals surface area (Å²) in [6, 6.07) is 7.44. The standard InChI is InChI=1S/C14H17ClN2O.ClH/c15-13-4-2-1-3-12(13)9-14(18)17-10-11-5-7-16-8-6-11;/h1-5,16H,6-10H2,(H,17,18);1H. The number of halogens is 2. The highest BCUT2D eigenvalue weighted by Crippen LogP contribution is 2.15. The molecule has 0 spiro atoms. The molecule has 1 aromatic rings. The zero-order valence-corrected chi connectivity index (χ0v) is 12.2. The average molecular weight is 301 g/mol. The Balaban J connectivity index is 0.00000180. The number of carbonyl (C=O) groups is 1. The monoisotopic (exact) mass is 300 g/mol. The van der Waals surface area contributed by atoms with Crippen molar-refractivity contribution in [1.82, 2.24) is 10.6 Å². The van der Waals surface area contributed by atoms with Crippen LogP contribution in [0.3, 0.4) is 0 Å². The van der Waals surface area contributed by atoms with Crippen molar-refractivity contribution >= 4 is 29.9 Å². The Morgan fingerprint density at radius 2 is 2.16 bits per heavy atom. The fourth-order valence-corrected chi connectivity index (χ4v) is 2.12. The molecule has 0 radical (unpaired) electrons. The van der Waals surface area contributed by atoms with Gasteiger partial charge in [0.1, 0.15) is 0 Å². The second-order valence-corrected chi connectivity index (χ2v) is 4.77. The van der Waals surface area contributed by atoms with Gasteiger partial charge < -0.3 is 10.6 Å². The van der Waals surface area contributed by atoms with Gasteiger partial charge in [-0.15, -0.1) is 12.4 Å². The van der Waals surface area contributed by atoms with Gasteiger partial charge in [0.15, 0.2) is 0 Å². The molecular formula is C14H18Cl2N2O. The van der Waals surface area contributed by atoms with Crippen LogP contribution in [-0.4, -0.2) is 25.5 Å². The third-order valence-electron chi connectivity index (χ3n) is 2.98. The van der Waals surface area contributed by atoms with E-state index in [1.54, 1.807) is 6.07 Å². The molecule has 1 aliphatic rings. The molecule has 0 aromatic heterocycles. The molecule has 5 heteroatoms. The number of hydrogen-bond donors (Lipinski definition) is 2. The number of amides is 1. The third kappa shape index (κ3) is 5.23. The van der Waals surface area contributed by atoms with Crippen LogP contribution in [0.4, 0.5) is 0 Å². The van der Waals surface area contributed by atoms with E-state index in [2.05, 4.69) is 16.7 Å². The molecule has 0 saturated heterocycles. The Labute approximate surface area is 124 Å². The number of carbonyl (C=O) groups excluding carboxylic acids is 1. The van der Waals surface area contributed by atoms with Crippen LogP contribution in [-0.2, 0) is 11.2 Å². The van der Waals surface area contributed by atoms with E-state index in [-0.39, 0.29) is 18.3 Å². The molecular weight excluding hydrogens is 283 g/mol. The van der Waals surface area contributed by atoms with Crippen molar-refractivity contribution in [2.45, 2.75) is 12.8 Å². The van der Waals surface area contributed by atoms with Crippen LogP contribution < -0.4 is 10.6 Å². The minimum Gasteiger partial charge on any atom is -0.352 e. The maximum atomic E-state index is 11.8. The molecule has 0 bridgehead atoms. The van der Waals surface area contributed by atoms with Gasteiger partial charge >= 0.3 is 0 Å². The lowest BCUT2D eigenvalue weighted by Gasteiger charge is -2.14. The quantitative estimate of drug-likeness (QED) is 0.838. The third-order valence-corrected chi connectivity index (χ3v) is 3.35. The van der Waals surface area contributed by atoms with E-state index in [0.29, 0.717) is 18.0 Å². The van der Waals surface area contributed by atoms with Crippen LogP contribution in [0.2, 0.25) is 5.02 Å². The van der Waals surface area contributed by atoms with Gasteiger partial charge in [0.05, 0.1) is 6.42 Å². The topological polar surface area (TPSA) is 41.1 Å². The highest BCUT2D eigenvalue weighted by atomic mass is 35.5. The second kappa shape index (κ2) is 8.20. The minimum atomic E-state index is 0. The van der Waals surface area contributed by atoms with Gasteiger partial charge in [-0.3, -0.25) is 4.79 Å². The van der Waals surface area contributed by atoms with Crippen LogP contribution in [0.5, 0.6) is 0 Å². The molecule has 0 atom stereocenters. The molecule has 1 amide bonds. The second-order valence-electron chi connectivity index (χ2n) is 4.36. The SMILES string of the molecule is Cl.O=C(Cc1ccccc1Cl)NCC1=CCNCC1. The normalized spacial score (nSPS) is 14.3. The van der Waals surface area contributed by atoms with Crippen molar-refractivity contribution < 1.29 is 4.79 Å². The summed E-state index contributed by atoms with van der Waals surface area (Å²) in [4.78, 5) is 11.8. The number of nitrogens with one attached hydrogen (secondary N) is 2. The lowest BCUT2D eigenvalue weighted by molar-refractivity contribution is -0.120.